The minimum atomic E-state index is -0.213. The summed E-state index contributed by atoms with van der Waals surface area (Å²) in [5.74, 6) is 2.64. The molecule has 1 aromatic heterocycles. The average Bonchev–Trinajstić information content (AvgIpc) is 2.74. The van der Waals surface area contributed by atoms with E-state index < -0.39 is 0 Å². The third-order valence-corrected chi connectivity index (χ3v) is 6.45. The Morgan fingerprint density at radius 3 is 2.65 bits per heavy atom. The Balaban J connectivity index is 1.96. The van der Waals surface area contributed by atoms with Gasteiger partial charge in [-0.1, -0.05) is 6.92 Å². The smallest absolute Gasteiger partial charge is 0.319 e. The monoisotopic (exact) mass is 443 g/mol. The molecule has 2 heterocycles. The van der Waals surface area contributed by atoms with Crippen LogP contribution in [-0.4, -0.2) is 54.1 Å². The summed E-state index contributed by atoms with van der Waals surface area (Å²) in [4.78, 5) is 23.9. The summed E-state index contributed by atoms with van der Waals surface area (Å²) >= 11 is 1.87. The number of carbonyl (C=O) groups excluding carboxylic acids is 1. The molecule has 0 unspecified atom stereocenters. The molecule has 31 heavy (non-hydrogen) atoms. The summed E-state index contributed by atoms with van der Waals surface area (Å²) in [5.41, 5.74) is 2.67. The van der Waals surface area contributed by atoms with E-state index in [-0.39, 0.29) is 16.8 Å². The van der Waals surface area contributed by atoms with Gasteiger partial charge >= 0.3 is 6.03 Å². The Labute approximate surface area is 189 Å². The Morgan fingerprint density at radius 2 is 2.00 bits per heavy atom. The second-order valence-electron chi connectivity index (χ2n) is 8.06. The molecule has 2 amide bonds. The van der Waals surface area contributed by atoms with E-state index in [1.54, 1.807) is 0 Å². The Bertz CT molecular complexity index is 888. The zero-order chi connectivity index (χ0) is 22.4. The molecule has 0 aliphatic carbocycles. The molecule has 0 saturated carbocycles. The summed E-state index contributed by atoms with van der Waals surface area (Å²) < 4.78 is 5.49. The van der Waals surface area contributed by atoms with Gasteiger partial charge in [0.05, 0.1) is 29.7 Å². The van der Waals surface area contributed by atoms with Crippen LogP contribution >= 0.6 is 11.8 Å². The van der Waals surface area contributed by atoms with Crippen molar-refractivity contribution < 1.29 is 9.53 Å². The zero-order valence-electron chi connectivity index (χ0n) is 19.1. The number of amides is 2. The van der Waals surface area contributed by atoms with Gasteiger partial charge in [0, 0.05) is 30.4 Å². The van der Waals surface area contributed by atoms with Crippen LogP contribution in [0.25, 0.3) is 11.4 Å². The molecule has 3 rings (SSSR count). The van der Waals surface area contributed by atoms with Crippen LogP contribution in [0.4, 0.5) is 16.3 Å². The number of carbonyl (C=O) groups is 1. The van der Waals surface area contributed by atoms with Gasteiger partial charge in [-0.05, 0) is 57.7 Å². The number of urea groups is 1. The topological polar surface area (TPSA) is 79.4 Å². The molecule has 168 valence electrons. The van der Waals surface area contributed by atoms with Gasteiger partial charge in [0.2, 0.25) is 0 Å². The molecule has 1 aliphatic heterocycles. The lowest BCUT2D eigenvalue weighted by molar-refractivity contribution is 0.0985. The number of anilines is 2. The fraction of sp³-hybridized carbons (Fsp3) is 0.522. The minimum absolute atomic E-state index is 0.129. The van der Waals surface area contributed by atoms with Gasteiger partial charge in [-0.2, -0.15) is 0 Å². The van der Waals surface area contributed by atoms with Crippen molar-refractivity contribution in [2.75, 3.05) is 42.3 Å². The summed E-state index contributed by atoms with van der Waals surface area (Å²) in [6.45, 7) is 13.4. The number of ether oxygens (including phenoxy) is 1. The Morgan fingerprint density at radius 1 is 1.26 bits per heavy atom. The molecule has 0 spiro atoms. The number of morpholine rings is 1. The lowest BCUT2D eigenvalue weighted by atomic mass is 10.1. The lowest BCUT2D eigenvalue weighted by Gasteiger charge is -2.35. The predicted octanol–water partition coefficient (Wildman–Crippen LogP) is 4.50. The second-order valence-corrected chi connectivity index (χ2v) is 9.94. The largest absolute Gasteiger partial charge is 0.377 e. The van der Waals surface area contributed by atoms with Crippen molar-refractivity contribution in [2.24, 2.45) is 0 Å². The highest BCUT2D eigenvalue weighted by atomic mass is 32.2. The highest BCUT2D eigenvalue weighted by Crippen LogP contribution is 2.37. The van der Waals surface area contributed by atoms with E-state index in [1.807, 2.05) is 43.0 Å². The van der Waals surface area contributed by atoms with Crippen LogP contribution in [0.1, 0.15) is 40.3 Å². The normalized spacial score (nSPS) is 16.8. The fourth-order valence-corrected chi connectivity index (χ4v) is 4.53. The molecule has 1 aromatic carbocycles. The van der Waals surface area contributed by atoms with E-state index in [9.17, 15) is 4.79 Å². The third kappa shape index (κ3) is 5.89. The highest BCUT2D eigenvalue weighted by Gasteiger charge is 2.27. The minimum Gasteiger partial charge on any atom is -0.377 e. The van der Waals surface area contributed by atoms with Crippen LogP contribution < -0.4 is 15.5 Å². The molecular formula is C23H33N5O2S. The van der Waals surface area contributed by atoms with Crippen molar-refractivity contribution in [1.29, 1.82) is 0 Å². The molecule has 1 saturated heterocycles. The number of hydrogen-bond acceptors (Lipinski definition) is 6. The molecule has 1 fully saturated rings. The van der Waals surface area contributed by atoms with Crippen molar-refractivity contribution in [2.45, 2.75) is 45.4 Å². The Hall–Kier alpha value is -2.32. The predicted molar refractivity (Wildman–Crippen MR) is 129 cm³/mol. The molecule has 1 atom stereocenters. The van der Waals surface area contributed by atoms with Crippen LogP contribution in [0.2, 0.25) is 0 Å². The van der Waals surface area contributed by atoms with Crippen molar-refractivity contribution >= 4 is 29.3 Å². The lowest BCUT2D eigenvalue weighted by Crippen LogP contribution is -2.44. The maximum absolute atomic E-state index is 11.8. The van der Waals surface area contributed by atoms with E-state index in [4.69, 9.17) is 14.7 Å². The van der Waals surface area contributed by atoms with Gasteiger partial charge in [0.15, 0.2) is 5.82 Å². The summed E-state index contributed by atoms with van der Waals surface area (Å²) in [5, 5.41) is 5.56. The number of rotatable bonds is 7. The van der Waals surface area contributed by atoms with Crippen molar-refractivity contribution in [3.8, 4) is 11.4 Å². The average molecular weight is 444 g/mol. The van der Waals surface area contributed by atoms with Crippen LogP contribution in [-0.2, 0) is 9.48 Å². The number of nitrogens with zero attached hydrogens (tertiary/aromatic N) is 3. The number of nitrogens with one attached hydrogen (secondary N) is 2. The van der Waals surface area contributed by atoms with Gasteiger partial charge < -0.3 is 20.3 Å². The standard InChI is InChI=1S/C23H33N5O2S/c1-6-24-22(29)25-18-10-8-17(9-11-18)21-26-19(23(4,5)31-7-2)14-20(27-21)28-12-13-30-15-16(28)3/h8-11,14,16H,6-7,12-13,15H2,1-5H3,(H2,24,25,29)/t16-/m0/s1. The molecule has 0 radical (unpaired) electrons. The maximum atomic E-state index is 11.8. The fourth-order valence-electron chi connectivity index (χ4n) is 3.56. The van der Waals surface area contributed by atoms with E-state index in [0.717, 1.165) is 35.1 Å². The van der Waals surface area contributed by atoms with Crippen molar-refractivity contribution in [3.05, 3.63) is 36.0 Å². The van der Waals surface area contributed by atoms with Gasteiger partial charge in [-0.3, -0.25) is 0 Å². The first-order valence-corrected chi connectivity index (χ1v) is 11.9. The first-order chi connectivity index (χ1) is 14.8. The van der Waals surface area contributed by atoms with E-state index in [1.165, 1.54) is 0 Å². The molecule has 1 aliphatic rings. The molecule has 7 nitrogen and oxygen atoms in total. The third-order valence-electron chi connectivity index (χ3n) is 5.23. The van der Waals surface area contributed by atoms with E-state index in [2.05, 4.69) is 49.3 Å². The number of hydrogen-bond donors (Lipinski definition) is 2. The van der Waals surface area contributed by atoms with E-state index in [0.29, 0.717) is 25.6 Å². The SMILES string of the molecule is CCNC(=O)Nc1ccc(-c2nc(N3CCOC[C@@H]3C)cc(C(C)(C)SCC)n2)cc1. The number of benzene rings is 1. The quantitative estimate of drug-likeness (QED) is 0.656. The molecule has 2 aromatic rings. The highest BCUT2D eigenvalue weighted by molar-refractivity contribution is 8.00. The van der Waals surface area contributed by atoms with E-state index >= 15 is 0 Å². The molecule has 8 heteroatoms. The zero-order valence-corrected chi connectivity index (χ0v) is 19.9. The van der Waals surface area contributed by atoms with Crippen LogP contribution in [0, 0.1) is 0 Å². The molecule has 2 N–H and O–H groups in total. The maximum Gasteiger partial charge on any atom is 0.319 e. The second kappa shape index (κ2) is 10.3. The molecule has 0 bridgehead atoms. The van der Waals surface area contributed by atoms with Crippen LogP contribution in [0.5, 0.6) is 0 Å². The van der Waals surface area contributed by atoms with Crippen LogP contribution in [0.15, 0.2) is 30.3 Å². The molecular weight excluding hydrogens is 410 g/mol. The van der Waals surface area contributed by atoms with Gasteiger partial charge in [-0.15, -0.1) is 11.8 Å². The summed E-state index contributed by atoms with van der Waals surface area (Å²) in [6.07, 6.45) is 0. The van der Waals surface area contributed by atoms with Gasteiger partial charge in [-0.25, -0.2) is 14.8 Å². The van der Waals surface area contributed by atoms with Gasteiger partial charge in [0.25, 0.3) is 0 Å². The summed E-state index contributed by atoms with van der Waals surface area (Å²) in [6, 6.07) is 9.83. The van der Waals surface area contributed by atoms with Crippen LogP contribution in [0.3, 0.4) is 0 Å². The Kier molecular flexibility index (Phi) is 7.78. The van der Waals surface area contributed by atoms with Crippen molar-refractivity contribution in [3.63, 3.8) is 0 Å². The summed E-state index contributed by atoms with van der Waals surface area (Å²) in [7, 11) is 0. The number of aromatic nitrogens is 2. The number of thioether (sulfide) groups is 1. The first-order valence-electron chi connectivity index (χ1n) is 10.9. The first kappa shape index (κ1) is 23.3. The van der Waals surface area contributed by atoms with Crippen molar-refractivity contribution in [1.82, 2.24) is 15.3 Å². The van der Waals surface area contributed by atoms with Gasteiger partial charge in [0.1, 0.15) is 5.82 Å².